The molecule has 0 aliphatic carbocycles. The molecule has 2 aliphatic heterocycles. The first-order valence-corrected chi connectivity index (χ1v) is 9.49. The zero-order valence-corrected chi connectivity index (χ0v) is 15.6. The third kappa shape index (κ3) is 5.52. The van der Waals surface area contributed by atoms with Crippen molar-refractivity contribution < 1.29 is 24.1 Å². The number of nitrogens with zero attached hydrogens (tertiary/aromatic N) is 1. The fraction of sp³-hybridized carbons (Fsp3) is 0.579. The molecule has 3 rings (SSSR count). The van der Waals surface area contributed by atoms with E-state index in [-0.39, 0.29) is 11.8 Å². The molecular weight excluding hydrogens is 332 g/mol. The highest BCUT2D eigenvalue weighted by Gasteiger charge is 2.28. The van der Waals surface area contributed by atoms with Gasteiger partial charge in [0.1, 0.15) is 13.1 Å². The van der Waals surface area contributed by atoms with Crippen molar-refractivity contribution in [1.29, 1.82) is 0 Å². The monoisotopic (exact) mass is 362 g/mol. The van der Waals surface area contributed by atoms with Crippen molar-refractivity contribution in [2.24, 2.45) is 0 Å². The van der Waals surface area contributed by atoms with Gasteiger partial charge in [0.15, 0.2) is 13.1 Å². The Morgan fingerprint density at radius 1 is 1.00 bits per heavy atom. The Labute approximate surface area is 154 Å². The van der Waals surface area contributed by atoms with Crippen LogP contribution in [0.2, 0.25) is 0 Å². The van der Waals surface area contributed by atoms with Crippen molar-refractivity contribution in [3.05, 3.63) is 29.8 Å². The van der Waals surface area contributed by atoms with Crippen molar-refractivity contribution in [3.63, 3.8) is 0 Å². The summed E-state index contributed by atoms with van der Waals surface area (Å²) in [6, 6.07) is 7.83. The Hall–Kier alpha value is -1.96. The van der Waals surface area contributed by atoms with Gasteiger partial charge >= 0.3 is 0 Å². The van der Waals surface area contributed by atoms with E-state index in [2.05, 4.69) is 5.32 Å². The second-order valence-electron chi connectivity index (χ2n) is 7.26. The fourth-order valence-electron chi connectivity index (χ4n) is 3.48. The van der Waals surface area contributed by atoms with E-state index < -0.39 is 0 Å². The molecule has 2 amide bonds. The summed E-state index contributed by atoms with van der Waals surface area (Å²) in [6.45, 7) is 9.47. The van der Waals surface area contributed by atoms with E-state index in [0.29, 0.717) is 13.1 Å². The molecule has 2 aliphatic rings. The van der Waals surface area contributed by atoms with Crippen molar-refractivity contribution in [3.8, 4) is 0 Å². The van der Waals surface area contributed by atoms with Crippen molar-refractivity contribution >= 4 is 17.5 Å². The highest BCUT2D eigenvalue weighted by molar-refractivity contribution is 5.91. The predicted octanol–water partition coefficient (Wildman–Crippen LogP) is -2.42. The van der Waals surface area contributed by atoms with E-state index in [1.165, 1.54) is 15.4 Å². The van der Waals surface area contributed by atoms with Gasteiger partial charge in [0.05, 0.1) is 39.4 Å². The summed E-state index contributed by atoms with van der Waals surface area (Å²) in [6.07, 6.45) is 0. The lowest BCUT2D eigenvalue weighted by atomic mass is 10.2. The maximum atomic E-state index is 12.4. The third-order valence-corrected chi connectivity index (χ3v) is 5.17. The molecule has 0 saturated carbocycles. The molecule has 2 fully saturated rings. The number of carbonyl (C=O) groups is 2. The first-order valence-electron chi connectivity index (χ1n) is 9.49. The van der Waals surface area contributed by atoms with Crippen LogP contribution in [0.4, 0.5) is 5.69 Å². The molecule has 7 heteroatoms. The molecule has 2 saturated heterocycles. The van der Waals surface area contributed by atoms with Crippen LogP contribution < -0.4 is 15.1 Å². The highest BCUT2D eigenvalue weighted by Crippen LogP contribution is 2.07. The molecule has 3 N–H and O–H groups in total. The number of anilines is 1. The van der Waals surface area contributed by atoms with Crippen LogP contribution in [0.15, 0.2) is 24.3 Å². The Balaban J connectivity index is 1.38. The predicted molar refractivity (Wildman–Crippen MR) is 98.3 cm³/mol. The number of amides is 2. The van der Waals surface area contributed by atoms with Crippen LogP contribution in [0.1, 0.15) is 5.56 Å². The average Bonchev–Trinajstić information content (AvgIpc) is 2.65. The summed E-state index contributed by atoms with van der Waals surface area (Å²) in [5, 5.41) is 2.95. The van der Waals surface area contributed by atoms with E-state index >= 15 is 0 Å². The molecule has 26 heavy (non-hydrogen) atoms. The Bertz CT molecular complexity index is 606. The first kappa shape index (κ1) is 18.8. The summed E-state index contributed by atoms with van der Waals surface area (Å²) in [4.78, 5) is 29.2. The van der Waals surface area contributed by atoms with Crippen molar-refractivity contribution in [2.75, 3.05) is 70.9 Å². The van der Waals surface area contributed by atoms with E-state index in [1.807, 2.05) is 36.1 Å². The average molecular weight is 362 g/mol. The van der Waals surface area contributed by atoms with E-state index in [4.69, 9.17) is 4.74 Å². The molecular formula is C19H30N4O3+2. The SMILES string of the molecule is Cc1ccc(NC(=O)C[NH+]2CCN(C(=O)C[NH+]3CCOCC3)CC2)cc1. The molecule has 1 aromatic carbocycles. The van der Waals surface area contributed by atoms with Gasteiger partial charge in [-0.25, -0.2) is 0 Å². The zero-order valence-electron chi connectivity index (χ0n) is 15.6. The first-order chi connectivity index (χ1) is 12.6. The largest absolute Gasteiger partial charge is 0.370 e. The van der Waals surface area contributed by atoms with Gasteiger partial charge in [-0.05, 0) is 19.1 Å². The van der Waals surface area contributed by atoms with Crippen LogP contribution in [0.3, 0.4) is 0 Å². The number of benzene rings is 1. The summed E-state index contributed by atoms with van der Waals surface area (Å²) in [7, 11) is 0. The third-order valence-electron chi connectivity index (χ3n) is 5.17. The number of ether oxygens (including phenoxy) is 1. The molecule has 0 radical (unpaired) electrons. The normalized spacial score (nSPS) is 19.3. The number of carbonyl (C=O) groups excluding carboxylic acids is 2. The smallest absolute Gasteiger partial charge is 0.279 e. The number of hydrogen-bond donors (Lipinski definition) is 3. The van der Waals surface area contributed by atoms with Crippen molar-refractivity contribution in [2.45, 2.75) is 6.92 Å². The Morgan fingerprint density at radius 3 is 2.27 bits per heavy atom. The fourth-order valence-corrected chi connectivity index (χ4v) is 3.48. The standard InChI is InChI=1S/C19H28N4O3/c1-16-2-4-17(5-3-16)20-18(24)14-21-6-8-23(9-7-21)19(25)15-22-10-12-26-13-11-22/h2-5H,6-15H2,1H3,(H,20,24)/p+2. The van der Waals surface area contributed by atoms with Gasteiger partial charge in [-0.15, -0.1) is 0 Å². The number of rotatable bonds is 5. The van der Waals surface area contributed by atoms with Crippen LogP contribution >= 0.6 is 0 Å². The Kier molecular flexibility index (Phi) is 6.60. The van der Waals surface area contributed by atoms with Crippen molar-refractivity contribution in [1.82, 2.24) is 4.90 Å². The summed E-state index contributed by atoms with van der Waals surface area (Å²) in [5.41, 5.74) is 2.01. The van der Waals surface area contributed by atoms with Gasteiger partial charge in [0.25, 0.3) is 11.8 Å². The molecule has 142 valence electrons. The van der Waals surface area contributed by atoms with E-state index in [9.17, 15) is 9.59 Å². The van der Waals surface area contributed by atoms with Crippen LogP contribution in [-0.2, 0) is 14.3 Å². The number of aryl methyl sites for hydroxylation is 1. The van der Waals surface area contributed by atoms with Gasteiger partial charge in [0.2, 0.25) is 0 Å². The maximum absolute atomic E-state index is 12.4. The molecule has 2 heterocycles. The molecule has 0 unspecified atom stereocenters. The van der Waals surface area contributed by atoms with Gasteiger partial charge in [-0.3, -0.25) is 9.59 Å². The van der Waals surface area contributed by atoms with E-state index in [1.54, 1.807) is 0 Å². The van der Waals surface area contributed by atoms with Gasteiger partial charge in [0, 0.05) is 5.69 Å². The zero-order chi connectivity index (χ0) is 18.4. The number of nitrogens with one attached hydrogen (secondary N) is 3. The minimum atomic E-state index is 0.0291. The number of piperazine rings is 1. The second kappa shape index (κ2) is 9.12. The van der Waals surface area contributed by atoms with Gasteiger partial charge in [-0.1, -0.05) is 17.7 Å². The molecule has 0 aromatic heterocycles. The van der Waals surface area contributed by atoms with Crippen LogP contribution in [-0.4, -0.2) is 82.3 Å². The quantitative estimate of drug-likeness (QED) is 0.546. The van der Waals surface area contributed by atoms with E-state index in [0.717, 1.165) is 58.2 Å². The Morgan fingerprint density at radius 2 is 1.62 bits per heavy atom. The highest BCUT2D eigenvalue weighted by atomic mass is 16.5. The minimum Gasteiger partial charge on any atom is -0.370 e. The molecule has 7 nitrogen and oxygen atoms in total. The summed E-state index contributed by atoms with van der Waals surface area (Å²) in [5.74, 6) is 0.256. The molecule has 0 spiro atoms. The van der Waals surface area contributed by atoms with Gasteiger partial charge in [-0.2, -0.15) is 0 Å². The number of quaternary nitrogens is 2. The topological polar surface area (TPSA) is 67.5 Å². The maximum Gasteiger partial charge on any atom is 0.279 e. The van der Waals surface area contributed by atoms with Gasteiger partial charge < -0.3 is 24.8 Å². The summed E-state index contributed by atoms with van der Waals surface area (Å²) >= 11 is 0. The van der Waals surface area contributed by atoms with Crippen LogP contribution in [0.25, 0.3) is 0 Å². The minimum absolute atomic E-state index is 0.0291. The van der Waals surface area contributed by atoms with Crippen LogP contribution in [0, 0.1) is 6.92 Å². The lowest BCUT2D eigenvalue weighted by Gasteiger charge is -2.33. The number of hydrogen-bond acceptors (Lipinski definition) is 3. The van der Waals surface area contributed by atoms with Crippen LogP contribution in [0.5, 0.6) is 0 Å². The lowest BCUT2D eigenvalue weighted by Crippen LogP contribution is -3.16. The number of morpholine rings is 1. The lowest BCUT2D eigenvalue weighted by molar-refractivity contribution is -0.902. The molecule has 0 atom stereocenters. The molecule has 0 bridgehead atoms. The second-order valence-corrected chi connectivity index (χ2v) is 7.26. The summed E-state index contributed by atoms with van der Waals surface area (Å²) < 4.78 is 5.34. The molecule has 1 aromatic rings.